The highest BCUT2D eigenvalue weighted by atomic mass is 35.5. The quantitative estimate of drug-likeness (QED) is 0.863. The van der Waals surface area contributed by atoms with Gasteiger partial charge >= 0.3 is 6.03 Å². The van der Waals surface area contributed by atoms with Gasteiger partial charge in [0.15, 0.2) is 0 Å². The standard InChI is InChI=1S/C19H21Cl2N3O/c1-14-12-17(21)6-7-18(14)23-8-10-24(11-9-23)19(25)22-13-15-2-4-16(20)5-3-15/h2-7,12H,8-11,13H2,1H3,(H,22,25). The number of hydrogen-bond acceptors (Lipinski definition) is 2. The van der Waals surface area contributed by atoms with Crippen molar-refractivity contribution in [3.8, 4) is 0 Å². The number of anilines is 1. The third kappa shape index (κ3) is 4.59. The highest BCUT2D eigenvalue weighted by Gasteiger charge is 2.21. The number of benzene rings is 2. The molecule has 2 aromatic carbocycles. The van der Waals surface area contributed by atoms with Crippen LogP contribution >= 0.6 is 23.2 Å². The molecule has 0 aromatic heterocycles. The summed E-state index contributed by atoms with van der Waals surface area (Å²) in [7, 11) is 0. The Morgan fingerprint density at radius 3 is 2.28 bits per heavy atom. The molecule has 1 heterocycles. The molecule has 4 nitrogen and oxygen atoms in total. The first-order valence-electron chi connectivity index (χ1n) is 8.31. The zero-order valence-corrected chi connectivity index (χ0v) is 15.6. The van der Waals surface area contributed by atoms with E-state index in [1.165, 1.54) is 5.69 Å². The molecule has 25 heavy (non-hydrogen) atoms. The molecule has 0 unspecified atom stereocenters. The maximum absolute atomic E-state index is 12.3. The lowest BCUT2D eigenvalue weighted by Gasteiger charge is -2.36. The second-order valence-electron chi connectivity index (χ2n) is 6.19. The van der Waals surface area contributed by atoms with Crippen LogP contribution in [-0.2, 0) is 6.54 Å². The van der Waals surface area contributed by atoms with Crippen LogP contribution in [0.2, 0.25) is 10.0 Å². The number of halogens is 2. The van der Waals surface area contributed by atoms with E-state index in [-0.39, 0.29) is 6.03 Å². The minimum absolute atomic E-state index is 0.0255. The number of hydrogen-bond donors (Lipinski definition) is 1. The number of rotatable bonds is 3. The van der Waals surface area contributed by atoms with E-state index in [0.717, 1.165) is 29.2 Å². The molecular formula is C19H21Cl2N3O. The van der Waals surface area contributed by atoms with E-state index in [0.29, 0.717) is 24.7 Å². The summed E-state index contributed by atoms with van der Waals surface area (Å²) in [6.07, 6.45) is 0. The molecule has 1 aliphatic rings. The average Bonchev–Trinajstić information content (AvgIpc) is 2.61. The summed E-state index contributed by atoms with van der Waals surface area (Å²) in [4.78, 5) is 16.5. The first-order chi connectivity index (χ1) is 12.0. The summed E-state index contributed by atoms with van der Waals surface area (Å²) in [5, 5.41) is 4.42. The number of carbonyl (C=O) groups is 1. The molecule has 6 heteroatoms. The van der Waals surface area contributed by atoms with E-state index >= 15 is 0 Å². The van der Waals surface area contributed by atoms with Gasteiger partial charge in [0, 0.05) is 48.5 Å². The summed E-state index contributed by atoms with van der Waals surface area (Å²) in [5.41, 5.74) is 3.38. The molecule has 2 amide bonds. The highest BCUT2D eigenvalue weighted by Crippen LogP contribution is 2.24. The summed E-state index contributed by atoms with van der Waals surface area (Å²) < 4.78 is 0. The molecule has 1 N–H and O–H groups in total. The lowest BCUT2D eigenvalue weighted by Crippen LogP contribution is -2.51. The fourth-order valence-corrected chi connectivity index (χ4v) is 3.37. The van der Waals surface area contributed by atoms with Gasteiger partial charge in [0.05, 0.1) is 0 Å². The largest absolute Gasteiger partial charge is 0.368 e. The molecule has 0 bridgehead atoms. The van der Waals surface area contributed by atoms with E-state index in [1.807, 2.05) is 47.4 Å². The number of nitrogens with one attached hydrogen (secondary N) is 1. The second kappa shape index (κ2) is 7.98. The van der Waals surface area contributed by atoms with Gasteiger partial charge in [-0.15, -0.1) is 0 Å². The van der Waals surface area contributed by atoms with Crippen LogP contribution in [0.1, 0.15) is 11.1 Å². The Hall–Kier alpha value is -1.91. The van der Waals surface area contributed by atoms with Crippen molar-refractivity contribution in [1.82, 2.24) is 10.2 Å². The normalized spacial score (nSPS) is 14.5. The summed E-state index contributed by atoms with van der Waals surface area (Å²) in [5.74, 6) is 0. The first kappa shape index (κ1) is 17.9. The van der Waals surface area contributed by atoms with E-state index in [9.17, 15) is 4.79 Å². The molecule has 0 radical (unpaired) electrons. The van der Waals surface area contributed by atoms with Crippen molar-refractivity contribution in [2.75, 3.05) is 31.1 Å². The molecule has 2 aromatic rings. The summed E-state index contributed by atoms with van der Waals surface area (Å²) in [6.45, 7) is 5.61. The third-order valence-corrected chi connectivity index (χ3v) is 4.91. The Labute approximate surface area is 158 Å². The average molecular weight is 378 g/mol. The second-order valence-corrected chi connectivity index (χ2v) is 7.06. The van der Waals surface area contributed by atoms with Crippen molar-refractivity contribution in [2.24, 2.45) is 0 Å². The molecule has 3 rings (SSSR count). The zero-order valence-electron chi connectivity index (χ0n) is 14.1. The minimum Gasteiger partial charge on any atom is -0.368 e. The van der Waals surface area contributed by atoms with Crippen molar-refractivity contribution in [3.63, 3.8) is 0 Å². The van der Waals surface area contributed by atoms with E-state index in [1.54, 1.807) is 0 Å². The van der Waals surface area contributed by atoms with Gasteiger partial charge < -0.3 is 15.1 Å². The van der Waals surface area contributed by atoms with Crippen molar-refractivity contribution >= 4 is 34.9 Å². The predicted octanol–water partition coefficient (Wildman–Crippen LogP) is 4.33. The Balaban J connectivity index is 1.51. The van der Waals surface area contributed by atoms with Gasteiger partial charge in [-0.05, 0) is 48.4 Å². The number of amides is 2. The van der Waals surface area contributed by atoms with Gasteiger partial charge in [-0.25, -0.2) is 4.79 Å². The predicted molar refractivity (Wildman–Crippen MR) is 104 cm³/mol. The molecule has 0 saturated carbocycles. The fraction of sp³-hybridized carbons (Fsp3) is 0.316. The fourth-order valence-electron chi connectivity index (χ4n) is 3.02. The van der Waals surface area contributed by atoms with Crippen LogP contribution in [0.4, 0.5) is 10.5 Å². The van der Waals surface area contributed by atoms with Crippen LogP contribution in [0.5, 0.6) is 0 Å². The van der Waals surface area contributed by atoms with Crippen LogP contribution < -0.4 is 10.2 Å². The van der Waals surface area contributed by atoms with Crippen molar-refractivity contribution in [3.05, 3.63) is 63.6 Å². The molecule has 0 spiro atoms. The van der Waals surface area contributed by atoms with Gasteiger partial charge in [-0.3, -0.25) is 0 Å². The maximum Gasteiger partial charge on any atom is 0.317 e. The lowest BCUT2D eigenvalue weighted by molar-refractivity contribution is 0.194. The lowest BCUT2D eigenvalue weighted by atomic mass is 10.1. The zero-order chi connectivity index (χ0) is 17.8. The number of aryl methyl sites for hydroxylation is 1. The van der Waals surface area contributed by atoms with Gasteiger partial charge in [-0.1, -0.05) is 35.3 Å². The Bertz CT molecular complexity index is 741. The SMILES string of the molecule is Cc1cc(Cl)ccc1N1CCN(C(=O)NCc2ccc(Cl)cc2)CC1. The van der Waals surface area contributed by atoms with Crippen LogP contribution in [0.3, 0.4) is 0 Å². The van der Waals surface area contributed by atoms with Crippen molar-refractivity contribution < 1.29 is 4.79 Å². The molecule has 0 aliphatic carbocycles. The van der Waals surface area contributed by atoms with Crippen LogP contribution in [-0.4, -0.2) is 37.1 Å². The van der Waals surface area contributed by atoms with E-state index in [2.05, 4.69) is 17.1 Å². The third-order valence-electron chi connectivity index (χ3n) is 4.42. The Kier molecular flexibility index (Phi) is 5.71. The van der Waals surface area contributed by atoms with Gasteiger partial charge in [-0.2, -0.15) is 0 Å². The Morgan fingerprint density at radius 2 is 1.64 bits per heavy atom. The number of nitrogens with zero attached hydrogens (tertiary/aromatic N) is 2. The molecule has 132 valence electrons. The van der Waals surface area contributed by atoms with Crippen LogP contribution in [0.25, 0.3) is 0 Å². The molecule has 1 fully saturated rings. The number of carbonyl (C=O) groups excluding carboxylic acids is 1. The summed E-state index contributed by atoms with van der Waals surface area (Å²) in [6, 6.07) is 13.4. The topological polar surface area (TPSA) is 35.6 Å². The smallest absolute Gasteiger partial charge is 0.317 e. The molecule has 1 aliphatic heterocycles. The van der Waals surface area contributed by atoms with E-state index in [4.69, 9.17) is 23.2 Å². The molecule has 1 saturated heterocycles. The van der Waals surface area contributed by atoms with Crippen LogP contribution in [0, 0.1) is 6.92 Å². The Morgan fingerprint density at radius 1 is 1.00 bits per heavy atom. The van der Waals surface area contributed by atoms with Crippen molar-refractivity contribution in [1.29, 1.82) is 0 Å². The summed E-state index contributed by atoms with van der Waals surface area (Å²) >= 11 is 11.9. The van der Waals surface area contributed by atoms with Gasteiger partial charge in [0.1, 0.15) is 0 Å². The van der Waals surface area contributed by atoms with Crippen molar-refractivity contribution in [2.45, 2.75) is 13.5 Å². The molecular weight excluding hydrogens is 357 g/mol. The van der Waals surface area contributed by atoms with Gasteiger partial charge in [0.25, 0.3) is 0 Å². The van der Waals surface area contributed by atoms with Crippen LogP contribution in [0.15, 0.2) is 42.5 Å². The molecule has 0 atom stereocenters. The monoisotopic (exact) mass is 377 g/mol. The number of piperazine rings is 1. The minimum atomic E-state index is -0.0255. The van der Waals surface area contributed by atoms with Gasteiger partial charge in [0.2, 0.25) is 0 Å². The van der Waals surface area contributed by atoms with E-state index < -0.39 is 0 Å². The highest BCUT2D eigenvalue weighted by molar-refractivity contribution is 6.30. The maximum atomic E-state index is 12.3. The first-order valence-corrected chi connectivity index (χ1v) is 9.07. The number of urea groups is 1.